The summed E-state index contributed by atoms with van der Waals surface area (Å²) in [5.41, 5.74) is 18.4. The molecule has 1 saturated carbocycles. The molecule has 3 heterocycles. The zero-order chi connectivity index (χ0) is 43.7. The van der Waals surface area contributed by atoms with Crippen LogP contribution in [-0.2, 0) is 10.8 Å². The van der Waals surface area contributed by atoms with E-state index in [9.17, 15) is 0 Å². The minimum absolute atomic E-state index is 0.0589. The predicted octanol–water partition coefficient (Wildman–Crippen LogP) is 14.1. The Labute approximate surface area is 384 Å². The summed E-state index contributed by atoms with van der Waals surface area (Å²) in [4.78, 5) is 2.81. The van der Waals surface area contributed by atoms with Crippen molar-refractivity contribution in [1.82, 2.24) is 0 Å². The molecule has 0 atom stereocenters. The van der Waals surface area contributed by atoms with Gasteiger partial charge in [-0.1, -0.05) is 193 Å². The van der Waals surface area contributed by atoms with Crippen molar-refractivity contribution in [2.24, 2.45) is 0 Å². The van der Waals surface area contributed by atoms with Crippen molar-refractivity contribution in [3.8, 4) is 44.5 Å². The lowest BCUT2D eigenvalue weighted by atomic mass is 9.61. The molecule has 8 aromatic carbocycles. The van der Waals surface area contributed by atoms with E-state index in [-0.39, 0.29) is 10.8 Å². The summed E-state index contributed by atoms with van der Waals surface area (Å²) < 4.78 is 6.82. The highest BCUT2D eigenvalue weighted by Crippen LogP contribution is 2.53. The van der Waals surface area contributed by atoms with Crippen LogP contribution >= 0.6 is 0 Å². The fourth-order valence-corrected chi connectivity index (χ4v) is 18.8. The third kappa shape index (κ3) is 5.58. The number of nitrogens with zero attached hydrogens (tertiary/aromatic N) is 1. The molecule has 9 aromatic rings. The van der Waals surface area contributed by atoms with Crippen LogP contribution in [0.1, 0.15) is 83.8 Å². The SMILES string of the molecule is CC1(C)CCC(C)(C)c2c(-c3ccccc3N(c3cc4c(cc3-c3ccc5c(c3)[Si]3(c6ccccc6-c6ccccc63)c3ccccc3-5)oc3ccccc34)C3CCCCC3)cccc21. The molecule has 13 rings (SSSR count). The van der Waals surface area contributed by atoms with Gasteiger partial charge in [-0.2, -0.15) is 0 Å². The maximum atomic E-state index is 6.82. The van der Waals surface area contributed by atoms with Crippen molar-refractivity contribution in [3.63, 3.8) is 0 Å². The summed E-state index contributed by atoms with van der Waals surface area (Å²) in [5.74, 6) is 0. The first-order valence-corrected chi connectivity index (χ1v) is 26.2. The summed E-state index contributed by atoms with van der Waals surface area (Å²) in [7, 11) is -2.67. The molecular formula is C62H55NOSi. The molecule has 318 valence electrons. The van der Waals surface area contributed by atoms with Gasteiger partial charge >= 0.3 is 0 Å². The van der Waals surface area contributed by atoms with Gasteiger partial charge in [0.2, 0.25) is 0 Å². The zero-order valence-electron chi connectivity index (χ0n) is 38.0. The van der Waals surface area contributed by atoms with Crippen LogP contribution in [-0.4, -0.2) is 14.1 Å². The second-order valence-electron chi connectivity index (χ2n) is 20.8. The summed E-state index contributed by atoms with van der Waals surface area (Å²) in [6.07, 6.45) is 8.46. The van der Waals surface area contributed by atoms with Crippen molar-refractivity contribution in [3.05, 3.63) is 181 Å². The largest absolute Gasteiger partial charge is 0.456 e. The Balaban J connectivity index is 1.10. The standard InChI is InChI=1S/C62H55NOSi/c1-61(2)35-36-62(3,4)60-48(26-18-27-51(60)61)42-21-8-13-28-52(42)63(41-19-6-5-7-20-41)53-38-50-43-22-9-14-29-54(43)64-55(50)39-49(53)40-33-34-47-46-25-12-17-32-58(46)65(59(47)37-40)56-30-15-10-23-44(56)45-24-11-16-31-57(45)65/h8-18,21-34,37-39,41H,5-7,19-20,35-36H2,1-4H3. The molecule has 2 nitrogen and oxygen atoms in total. The third-order valence-corrected chi connectivity index (χ3v) is 21.3. The molecule has 1 aromatic heterocycles. The average molecular weight is 858 g/mol. The van der Waals surface area contributed by atoms with Gasteiger partial charge in [-0.05, 0) is 126 Å². The van der Waals surface area contributed by atoms with Crippen LogP contribution in [0.4, 0.5) is 11.4 Å². The number of anilines is 2. The van der Waals surface area contributed by atoms with Crippen molar-refractivity contribution in [1.29, 1.82) is 0 Å². The van der Waals surface area contributed by atoms with Gasteiger partial charge in [0.1, 0.15) is 11.2 Å². The molecule has 1 fully saturated rings. The minimum Gasteiger partial charge on any atom is -0.456 e. The van der Waals surface area contributed by atoms with Crippen LogP contribution in [0, 0.1) is 0 Å². The van der Waals surface area contributed by atoms with E-state index >= 15 is 0 Å². The van der Waals surface area contributed by atoms with E-state index in [0.29, 0.717) is 6.04 Å². The quantitative estimate of drug-likeness (QED) is 0.160. The molecule has 2 aliphatic heterocycles. The van der Waals surface area contributed by atoms with Gasteiger partial charge in [0.25, 0.3) is 0 Å². The Bertz CT molecular complexity index is 3330. The first-order chi connectivity index (χ1) is 31.7. The van der Waals surface area contributed by atoms with E-state index in [1.54, 1.807) is 0 Å². The van der Waals surface area contributed by atoms with Crippen LogP contribution in [0.3, 0.4) is 0 Å². The highest BCUT2D eigenvalue weighted by molar-refractivity contribution is 7.24. The van der Waals surface area contributed by atoms with E-state index in [1.807, 2.05) is 0 Å². The summed E-state index contributed by atoms with van der Waals surface area (Å²) >= 11 is 0. The molecule has 3 heteroatoms. The summed E-state index contributed by atoms with van der Waals surface area (Å²) in [6, 6.07) is 65.8. The Morgan fingerprint density at radius 2 is 1.03 bits per heavy atom. The summed E-state index contributed by atoms with van der Waals surface area (Å²) in [5, 5.41) is 8.36. The lowest BCUT2D eigenvalue weighted by Gasteiger charge is -2.44. The molecule has 0 saturated heterocycles. The molecule has 0 N–H and O–H groups in total. The van der Waals surface area contributed by atoms with Gasteiger partial charge in [-0.3, -0.25) is 0 Å². The highest BCUT2D eigenvalue weighted by atomic mass is 28.3. The molecule has 2 aliphatic carbocycles. The number of hydrogen-bond donors (Lipinski definition) is 0. The second-order valence-corrected chi connectivity index (χ2v) is 24.4. The second kappa shape index (κ2) is 14.3. The Morgan fingerprint density at radius 3 is 1.74 bits per heavy atom. The van der Waals surface area contributed by atoms with Gasteiger partial charge in [-0.25, -0.2) is 0 Å². The number of para-hydroxylation sites is 2. The van der Waals surface area contributed by atoms with Gasteiger partial charge in [0.15, 0.2) is 8.07 Å². The van der Waals surface area contributed by atoms with Crippen LogP contribution in [0.25, 0.3) is 66.4 Å². The van der Waals surface area contributed by atoms with Crippen LogP contribution in [0.15, 0.2) is 174 Å². The maximum absolute atomic E-state index is 6.82. The molecule has 0 bridgehead atoms. The number of benzene rings is 8. The van der Waals surface area contributed by atoms with Gasteiger partial charge < -0.3 is 9.32 Å². The lowest BCUT2D eigenvalue weighted by molar-refractivity contribution is 0.333. The van der Waals surface area contributed by atoms with Crippen LogP contribution in [0.5, 0.6) is 0 Å². The Morgan fingerprint density at radius 1 is 0.446 bits per heavy atom. The Hall–Kier alpha value is -6.42. The van der Waals surface area contributed by atoms with E-state index in [4.69, 9.17) is 4.42 Å². The van der Waals surface area contributed by atoms with Crippen molar-refractivity contribution in [2.45, 2.75) is 89.5 Å². The number of rotatable bonds is 5. The first kappa shape index (κ1) is 39.0. The lowest BCUT2D eigenvalue weighted by Crippen LogP contribution is -2.70. The molecule has 1 spiro atoms. The predicted molar refractivity (Wildman–Crippen MR) is 277 cm³/mol. The van der Waals surface area contributed by atoms with E-state index < -0.39 is 8.07 Å². The zero-order valence-corrected chi connectivity index (χ0v) is 39.0. The number of fused-ring (bicyclic) bond motifs is 14. The molecule has 0 amide bonds. The first-order valence-electron chi connectivity index (χ1n) is 24.2. The third-order valence-electron chi connectivity index (χ3n) is 16.3. The normalized spacial score (nSPS) is 17.4. The van der Waals surface area contributed by atoms with Crippen molar-refractivity contribution < 1.29 is 4.42 Å². The highest BCUT2D eigenvalue weighted by Gasteiger charge is 2.54. The smallest absolute Gasteiger partial charge is 0.182 e. The van der Waals surface area contributed by atoms with E-state index in [1.165, 1.54) is 131 Å². The average Bonchev–Trinajstić information content (AvgIpc) is 3.97. The van der Waals surface area contributed by atoms with Crippen LogP contribution in [0.2, 0.25) is 0 Å². The number of furan rings is 1. The minimum atomic E-state index is -2.67. The topological polar surface area (TPSA) is 16.4 Å². The fourth-order valence-electron chi connectivity index (χ4n) is 13.2. The maximum Gasteiger partial charge on any atom is 0.182 e. The fraction of sp³-hybridized carbons (Fsp3) is 0.226. The van der Waals surface area contributed by atoms with E-state index in [0.717, 1.165) is 24.0 Å². The van der Waals surface area contributed by atoms with Gasteiger partial charge in [0.05, 0.1) is 5.69 Å². The molecule has 65 heavy (non-hydrogen) atoms. The molecule has 0 unspecified atom stereocenters. The van der Waals surface area contributed by atoms with Crippen molar-refractivity contribution in [2.75, 3.05) is 4.90 Å². The molecule has 0 radical (unpaired) electrons. The summed E-state index contributed by atoms with van der Waals surface area (Å²) in [6.45, 7) is 9.86. The van der Waals surface area contributed by atoms with Crippen molar-refractivity contribution >= 4 is 62.1 Å². The Kier molecular flexibility index (Phi) is 8.57. The monoisotopic (exact) mass is 857 g/mol. The van der Waals surface area contributed by atoms with Gasteiger partial charge in [0, 0.05) is 33.6 Å². The van der Waals surface area contributed by atoms with Gasteiger partial charge in [-0.15, -0.1) is 0 Å². The molecular weight excluding hydrogens is 803 g/mol. The number of hydrogen-bond acceptors (Lipinski definition) is 2. The van der Waals surface area contributed by atoms with E-state index in [2.05, 4.69) is 202 Å². The van der Waals surface area contributed by atoms with Crippen LogP contribution < -0.4 is 25.6 Å². The molecule has 4 aliphatic rings.